The Hall–Kier alpha value is 1.90. The minimum absolute atomic E-state index is 0.740. The topological polar surface area (TPSA) is 26.0 Å². The zero-order valence-electron chi connectivity index (χ0n) is 7.39. The molecule has 0 fully saturated rings. The predicted molar refractivity (Wildman–Crippen MR) is 80.7 cm³/mol. The van der Waals surface area contributed by atoms with E-state index in [9.17, 15) is 0 Å². The fraction of sp³-hybridized carbons (Fsp3) is 0.250. The predicted octanol–water partition coefficient (Wildman–Crippen LogP) is 4.19. The average molecular weight is 560 g/mol. The van der Waals surface area contributed by atoms with E-state index in [2.05, 4.69) is 63.0 Å². The molecule has 0 aliphatic rings. The first-order valence-corrected chi connectivity index (χ1v) is 29.5. The van der Waals surface area contributed by atoms with Crippen LogP contribution in [-0.4, -0.2) is 16.0 Å². The van der Waals surface area contributed by atoms with Crippen LogP contribution in [0, 0.1) is 0 Å². The van der Waals surface area contributed by atoms with Gasteiger partial charge < -0.3 is 5.73 Å². The molecule has 0 atom stereocenters. The van der Waals surface area contributed by atoms with E-state index in [0.717, 1.165) is 13.0 Å². The normalized spacial score (nSPS) is 10.4. The maximum atomic E-state index is 5.36. The van der Waals surface area contributed by atoms with Crippen molar-refractivity contribution >= 4 is 60.3 Å². The molecule has 14 heavy (non-hydrogen) atoms. The van der Waals surface area contributed by atoms with Gasteiger partial charge in [-0.05, 0) is 18.5 Å². The van der Waals surface area contributed by atoms with Gasteiger partial charge in [-0.25, -0.2) is 0 Å². The minimum atomic E-state index is -1.93. The van der Waals surface area contributed by atoms with Gasteiger partial charge in [0.1, 0.15) is 0 Å². The Morgan fingerprint density at radius 2 is 1.43 bits per heavy atom. The molecule has 0 spiro atoms. The monoisotopic (exact) mass is 557 g/mol. The molecule has 0 saturated heterocycles. The van der Waals surface area contributed by atoms with E-state index in [4.69, 9.17) is 5.73 Å². The van der Waals surface area contributed by atoms with Gasteiger partial charge in [-0.3, -0.25) is 0 Å². The van der Waals surface area contributed by atoms with Crippen LogP contribution >= 0.6 is 50.8 Å². The number of rotatable bonds is 2. The van der Waals surface area contributed by atoms with Gasteiger partial charge in [-0.15, -0.1) is 0 Å². The summed E-state index contributed by atoms with van der Waals surface area (Å²) in [6.45, 7) is 0.740. The van der Waals surface area contributed by atoms with Crippen LogP contribution in [0.1, 0.15) is 5.56 Å². The number of halogens is 4. The molecule has 0 saturated carbocycles. The Kier molecular flexibility index (Phi) is 10.2. The molecule has 1 aromatic carbocycles. The number of hydrogen-bond donors (Lipinski definition) is 1. The molecule has 0 aliphatic carbocycles. The van der Waals surface area contributed by atoms with Gasteiger partial charge >= 0.3 is 60.3 Å². The second kappa shape index (κ2) is 8.98. The third kappa shape index (κ3) is 13.9. The fourth-order valence-corrected chi connectivity index (χ4v) is 0.811. The summed E-state index contributed by atoms with van der Waals surface area (Å²) in [7, 11) is -1.93. The quantitative estimate of drug-likeness (QED) is 0.541. The van der Waals surface area contributed by atoms with Crippen LogP contribution in [0.3, 0.4) is 0 Å². The third-order valence-electron chi connectivity index (χ3n) is 1.28. The summed E-state index contributed by atoms with van der Waals surface area (Å²) < 4.78 is 0. The van der Waals surface area contributed by atoms with Gasteiger partial charge in [0, 0.05) is 0 Å². The summed E-state index contributed by atoms with van der Waals surface area (Å²) in [5.74, 6) is 0. The van der Waals surface area contributed by atoms with E-state index in [1.54, 1.807) is 0 Å². The van der Waals surface area contributed by atoms with Crippen molar-refractivity contribution < 1.29 is 0 Å². The van der Waals surface area contributed by atoms with Crippen LogP contribution in [-0.2, 0) is 6.42 Å². The molecule has 0 aromatic heterocycles. The van der Waals surface area contributed by atoms with Crippen molar-refractivity contribution in [2.24, 2.45) is 5.73 Å². The summed E-state index contributed by atoms with van der Waals surface area (Å²) in [5, 5.41) is 0. The van der Waals surface area contributed by atoms with E-state index >= 15 is 0 Å². The third-order valence-corrected chi connectivity index (χ3v) is 1.28. The molecule has 0 unspecified atom stereocenters. The Bertz CT molecular complexity index is 231. The van der Waals surface area contributed by atoms with Gasteiger partial charge in [0.05, 0.1) is 0 Å². The second-order valence-corrected chi connectivity index (χ2v) is 79.6. The zero-order valence-corrected chi connectivity index (χ0v) is 16.6. The number of benzene rings is 1. The van der Waals surface area contributed by atoms with E-state index in [1.165, 1.54) is 5.56 Å². The molecule has 0 aliphatic heterocycles. The Balaban J connectivity index is 0.000000292. The molecule has 2 N–H and O–H groups in total. The van der Waals surface area contributed by atoms with Gasteiger partial charge in [-0.2, -0.15) is 0 Å². The van der Waals surface area contributed by atoms with E-state index in [1.807, 2.05) is 18.2 Å². The fourth-order valence-electron chi connectivity index (χ4n) is 0.811. The van der Waals surface area contributed by atoms with Gasteiger partial charge in [0.25, 0.3) is 0 Å². The van der Waals surface area contributed by atoms with Crippen molar-refractivity contribution in [3.8, 4) is 0 Å². The van der Waals surface area contributed by atoms with Gasteiger partial charge in [0.2, 0.25) is 0 Å². The van der Waals surface area contributed by atoms with Gasteiger partial charge in [-0.1, -0.05) is 30.3 Å². The molecule has 1 nitrogen and oxygen atoms in total. The molecule has 0 amide bonds. The molecule has 1 aromatic rings. The summed E-state index contributed by atoms with van der Waals surface area (Å²) in [4.78, 5) is 0. The molecule has 6 heteroatoms. The molecule has 0 heterocycles. The standard InChI is InChI=1S/C8H11N.4BrH.Sn/c9-7-6-8-4-2-1-3-5-8;;;;;/h1-5H,6-7,9H2;4*1H;/q;;;;;+4/p-4. The summed E-state index contributed by atoms with van der Waals surface area (Å²) in [5.41, 5.74) is 6.68. The summed E-state index contributed by atoms with van der Waals surface area (Å²) in [6, 6.07) is 10.3. The van der Waals surface area contributed by atoms with Crippen molar-refractivity contribution in [2.45, 2.75) is 6.42 Å². The number of nitrogens with two attached hydrogens (primary N) is 1. The summed E-state index contributed by atoms with van der Waals surface area (Å²) in [6.07, 6.45) is 0.987. The van der Waals surface area contributed by atoms with Crippen LogP contribution in [0.25, 0.3) is 0 Å². The van der Waals surface area contributed by atoms with Crippen LogP contribution in [0.15, 0.2) is 30.3 Å². The molecular formula is C8H11Br4NSn. The van der Waals surface area contributed by atoms with Crippen molar-refractivity contribution in [3.63, 3.8) is 0 Å². The average Bonchev–Trinajstić information content (AvgIpc) is 2.03. The Labute approximate surface area is 113 Å². The summed E-state index contributed by atoms with van der Waals surface area (Å²) >= 11 is 13.3. The molecule has 0 bridgehead atoms. The molecular weight excluding hydrogens is 548 g/mol. The van der Waals surface area contributed by atoms with Crippen molar-refractivity contribution in [1.82, 2.24) is 0 Å². The zero-order chi connectivity index (χ0) is 11.0. The van der Waals surface area contributed by atoms with E-state index < -0.39 is 9.49 Å². The van der Waals surface area contributed by atoms with Gasteiger partial charge in [0.15, 0.2) is 0 Å². The first kappa shape index (κ1) is 15.9. The SMILES string of the molecule is NCCc1ccccc1.[Br][Sn]([Br])([Br])[Br]. The first-order chi connectivity index (χ1) is 6.43. The second-order valence-electron chi connectivity index (χ2n) is 2.45. The van der Waals surface area contributed by atoms with Crippen molar-refractivity contribution in [3.05, 3.63) is 35.9 Å². The molecule has 80 valence electrons. The van der Waals surface area contributed by atoms with Crippen LogP contribution < -0.4 is 5.73 Å². The van der Waals surface area contributed by atoms with Crippen molar-refractivity contribution in [1.29, 1.82) is 0 Å². The Morgan fingerprint density at radius 1 is 1.00 bits per heavy atom. The van der Waals surface area contributed by atoms with E-state index in [-0.39, 0.29) is 0 Å². The maximum absolute atomic E-state index is 5.36. The van der Waals surface area contributed by atoms with Crippen LogP contribution in [0.4, 0.5) is 0 Å². The van der Waals surface area contributed by atoms with Crippen LogP contribution in [0.5, 0.6) is 0 Å². The molecule has 0 radical (unpaired) electrons. The Morgan fingerprint density at radius 3 is 1.79 bits per heavy atom. The van der Waals surface area contributed by atoms with E-state index in [0.29, 0.717) is 0 Å². The van der Waals surface area contributed by atoms with Crippen molar-refractivity contribution in [2.75, 3.05) is 6.54 Å². The van der Waals surface area contributed by atoms with Crippen LogP contribution in [0.2, 0.25) is 0 Å². The molecule has 1 rings (SSSR count). The first-order valence-electron chi connectivity index (χ1n) is 3.93. The number of hydrogen-bond acceptors (Lipinski definition) is 1.